The number of benzene rings is 1. The molecule has 2 nitrogen and oxygen atoms in total. The van der Waals surface area contributed by atoms with Gasteiger partial charge in [-0.05, 0) is 42.3 Å². The fourth-order valence-electron chi connectivity index (χ4n) is 2.02. The second-order valence-electron chi connectivity index (χ2n) is 4.18. The first kappa shape index (κ1) is 14.4. The van der Waals surface area contributed by atoms with Crippen LogP contribution in [0.15, 0.2) is 34.9 Å². The molecule has 0 aliphatic carbocycles. The number of halogens is 3. The molecule has 1 unspecified atom stereocenters. The lowest BCUT2D eigenvalue weighted by atomic mass is 10.0. The second kappa shape index (κ2) is 6.42. The van der Waals surface area contributed by atoms with Crippen molar-refractivity contribution in [3.8, 4) is 0 Å². The Morgan fingerprint density at radius 3 is 2.74 bits per heavy atom. The molecule has 0 saturated heterocycles. The Morgan fingerprint density at radius 1 is 1.32 bits per heavy atom. The van der Waals surface area contributed by atoms with E-state index in [2.05, 4.69) is 5.32 Å². The quantitative estimate of drug-likeness (QED) is 0.872. The van der Waals surface area contributed by atoms with Crippen LogP contribution in [0.3, 0.4) is 0 Å². The van der Waals surface area contributed by atoms with Crippen LogP contribution in [0.4, 0.5) is 4.39 Å². The van der Waals surface area contributed by atoms with Gasteiger partial charge in [0.05, 0.1) is 11.3 Å². The van der Waals surface area contributed by atoms with Crippen LogP contribution in [0, 0.1) is 5.82 Å². The summed E-state index contributed by atoms with van der Waals surface area (Å²) < 4.78 is 18.5. The summed E-state index contributed by atoms with van der Waals surface area (Å²) in [4.78, 5) is 0. The third kappa shape index (κ3) is 3.30. The molecule has 0 aliphatic rings. The van der Waals surface area contributed by atoms with Gasteiger partial charge in [-0.1, -0.05) is 30.7 Å². The average molecular weight is 302 g/mol. The molecule has 1 heterocycles. The normalized spacial score (nSPS) is 12.6. The summed E-state index contributed by atoms with van der Waals surface area (Å²) in [6.45, 7) is 2.76. The zero-order chi connectivity index (χ0) is 13.8. The van der Waals surface area contributed by atoms with Crippen molar-refractivity contribution in [2.45, 2.75) is 19.4 Å². The van der Waals surface area contributed by atoms with Crippen LogP contribution >= 0.6 is 23.2 Å². The molecule has 2 aromatic rings. The van der Waals surface area contributed by atoms with Crippen LogP contribution in [-0.4, -0.2) is 6.54 Å². The maximum Gasteiger partial charge on any atom is 0.197 e. The maximum atomic E-state index is 13.4. The van der Waals surface area contributed by atoms with E-state index < -0.39 is 5.82 Å². The SMILES string of the molecule is CCNC(Cc1cccc(F)c1Cl)c1ccoc1Cl. The number of furan rings is 1. The zero-order valence-electron chi connectivity index (χ0n) is 10.4. The Kier molecular flexibility index (Phi) is 4.86. The van der Waals surface area contributed by atoms with Gasteiger partial charge in [0.25, 0.3) is 0 Å². The zero-order valence-corrected chi connectivity index (χ0v) is 11.9. The first-order valence-electron chi connectivity index (χ1n) is 6.02. The molecule has 0 amide bonds. The second-order valence-corrected chi connectivity index (χ2v) is 4.90. The van der Waals surface area contributed by atoms with Crippen molar-refractivity contribution in [2.24, 2.45) is 0 Å². The third-order valence-electron chi connectivity index (χ3n) is 2.93. The number of nitrogens with one attached hydrogen (secondary N) is 1. The van der Waals surface area contributed by atoms with Crippen LogP contribution in [0.5, 0.6) is 0 Å². The van der Waals surface area contributed by atoms with Gasteiger partial charge in [-0.3, -0.25) is 0 Å². The Morgan fingerprint density at radius 2 is 2.11 bits per heavy atom. The topological polar surface area (TPSA) is 25.2 Å². The monoisotopic (exact) mass is 301 g/mol. The van der Waals surface area contributed by atoms with E-state index in [1.54, 1.807) is 6.07 Å². The molecular formula is C14H14Cl2FNO. The standard InChI is InChI=1S/C14H14Cl2FNO/c1-2-18-12(10-6-7-19-14(10)16)8-9-4-3-5-11(17)13(9)15/h3-7,12,18H,2,8H2,1H3. The molecule has 0 aliphatic heterocycles. The summed E-state index contributed by atoms with van der Waals surface area (Å²) >= 11 is 12.0. The number of hydrogen-bond donors (Lipinski definition) is 1. The molecule has 0 spiro atoms. The summed E-state index contributed by atoms with van der Waals surface area (Å²) in [6.07, 6.45) is 2.08. The van der Waals surface area contributed by atoms with E-state index in [4.69, 9.17) is 27.6 Å². The fourth-order valence-corrected chi connectivity index (χ4v) is 2.47. The van der Waals surface area contributed by atoms with Crippen molar-refractivity contribution >= 4 is 23.2 Å². The van der Waals surface area contributed by atoms with Crippen LogP contribution in [0.1, 0.15) is 24.1 Å². The van der Waals surface area contributed by atoms with E-state index in [0.29, 0.717) is 11.6 Å². The molecule has 5 heteroatoms. The first-order valence-corrected chi connectivity index (χ1v) is 6.78. The van der Waals surface area contributed by atoms with Crippen LogP contribution < -0.4 is 5.32 Å². The number of likely N-dealkylation sites (N-methyl/N-ethyl adjacent to an activating group) is 1. The van der Waals surface area contributed by atoms with Gasteiger partial charge in [0.1, 0.15) is 5.82 Å². The molecular weight excluding hydrogens is 288 g/mol. The highest BCUT2D eigenvalue weighted by molar-refractivity contribution is 6.31. The molecule has 0 radical (unpaired) electrons. The molecule has 0 saturated carbocycles. The number of hydrogen-bond acceptors (Lipinski definition) is 2. The summed E-state index contributed by atoms with van der Waals surface area (Å²) in [5.41, 5.74) is 1.59. The average Bonchev–Trinajstić information content (AvgIpc) is 2.80. The van der Waals surface area contributed by atoms with Gasteiger partial charge >= 0.3 is 0 Å². The minimum absolute atomic E-state index is 0.0597. The molecule has 0 fully saturated rings. The van der Waals surface area contributed by atoms with Crippen molar-refractivity contribution < 1.29 is 8.81 Å². The minimum Gasteiger partial charge on any atom is -0.453 e. The van der Waals surface area contributed by atoms with Crippen molar-refractivity contribution in [3.05, 3.63) is 57.7 Å². The molecule has 19 heavy (non-hydrogen) atoms. The van der Waals surface area contributed by atoms with Gasteiger partial charge in [-0.25, -0.2) is 4.39 Å². The fraction of sp³-hybridized carbons (Fsp3) is 0.286. The minimum atomic E-state index is -0.410. The summed E-state index contributed by atoms with van der Waals surface area (Å²) in [6, 6.07) is 6.55. The summed E-state index contributed by atoms with van der Waals surface area (Å²) in [5.74, 6) is -0.410. The van der Waals surface area contributed by atoms with Gasteiger partial charge in [-0.2, -0.15) is 0 Å². The Bertz CT molecular complexity index is 556. The lowest BCUT2D eigenvalue weighted by molar-refractivity contribution is 0.525. The predicted molar refractivity (Wildman–Crippen MR) is 75.2 cm³/mol. The Hall–Kier alpha value is -1.03. The van der Waals surface area contributed by atoms with E-state index in [1.165, 1.54) is 12.3 Å². The number of rotatable bonds is 5. The lowest BCUT2D eigenvalue weighted by Gasteiger charge is -2.17. The third-order valence-corrected chi connectivity index (χ3v) is 3.66. The largest absolute Gasteiger partial charge is 0.453 e. The Labute approximate surface area is 121 Å². The predicted octanol–water partition coefficient (Wildman–Crippen LogP) is 4.62. The highest BCUT2D eigenvalue weighted by Crippen LogP contribution is 2.29. The van der Waals surface area contributed by atoms with Crippen LogP contribution in [-0.2, 0) is 6.42 Å². The van der Waals surface area contributed by atoms with E-state index >= 15 is 0 Å². The molecule has 1 atom stereocenters. The highest BCUT2D eigenvalue weighted by atomic mass is 35.5. The molecule has 2 rings (SSSR count). The van der Waals surface area contributed by atoms with E-state index in [9.17, 15) is 4.39 Å². The van der Waals surface area contributed by atoms with Crippen LogP contribution in [0.2, 0.25) is 10.2 Å². The van der Waals surface area contributed by atoms with Gasteiger partial charge in [-0.15, -0.1) is 0 Å². The highest BCUT2D eigenvalue weighted by Gasteiger charge is 2.18. The van der Waals surface area contributed by atoms with Crippen molar-refractivity contribution in [3.63, 3.8) is 0 Å². The molecule has 1 aromatic carbocycles. The van der Waals surface area contributed by atoms with E-state index in [-0.39, 0.29) is 11.1 Å². The van der Waals surface area contributed by atoms with Gasteiger partial charge in [0, 0.05) is 11.6 Å². The van der Waals surface area contributed by atoms with Crippen molar-refractivity contribution in [1.29, 1.82) is 0 Å². The van der Waals surface area contributed by atoms with Crippen molar-refractivity contribution in [2.75, 3.05) is 6.54 Å². The van der Waals surface area contributed by atoms with Gasteiger partial charge in [0.15, 0.2) is 5.22 Å². The molecule has 0 bridgehead atoms. The summed E-state index contributed by atoms with van der Waals surface area (Å²) in [7, 11) is 0. The van der Waals surface area contributed by atoms with E-state index in [0.717, 1.165) is 17.7 Å². The maximum absolute atomic E-state index is 13.4. The van der Waals surface area contributed by atoms with Gasteiger partial charge < -0.3 is 9.73 Å². The van der Waals surface area contributed by atoms with Crippen molar-refractivity contribution in [1.82, 2.24) is 5.32 Å². The van der Waals surface area contributed by atoms with E-state index in [1.807, 2.05) is 19.1 Å². The lowest BCUT2D eigenvalue weighted by Crippen LogP contribution is -2.23. The molecule has 1 aromatic heterocycles. The first-order chi connectivity index (χ1) is 9.13. The van der Waals surface area contributed by atoms with Crippen LogP contribution in [0.25, 0.3) is 0 Å². The molecule has 1 N–H and O–H groups in total. The smallest absolute Gasteiger partial charge is 0.197 e. The van der Waals surface area contributed by atoms with Gasteiger partial charge in [0.2, 0.25) is 0 Å². The molecule has 102 valence electrons. The Balaban J connectivity index is 2.27. The summed E-state index contributed by atoms with van der Waals surface area (Å²) in [5, 5.41) is 3.80.